The van der Waals surface area contributed by atoms with Crippen LogP contribution in [0, 0.1) is 0 Å². The largest absolute Gasteiger partial charge is 0.467 e. The Bertz CT molecular complexity index is 583. The van der Waals surface area contributed by atoms with Gasteiger partial charge in [0.25, 0.3) is 0 Å². The quantitative estimate of drug-likeness (QED) is 0.703. The third-order valence-corrected chi connectivity index (χ3v) is 2.48. The summed E-state index contributed by atoms with van der Waals surface area (Å²) in [5.41, 5.74) is 2.99. The normalized spacial score (nSPS) is 10.8. The minimum atomic E-state index is 0.666. The Labute approximate surface area is 92.3 Å². The van der Waals surface area contributed by atoms with Gasteiger partial charge in [-0.3, -0.25) is 0 Å². The molecule has 0 aliphatic heterocycles. The number of hydrogen-bond acceptors (Lipinski definition) is 3. The van der Waals surface area contributed by atoms with Gasteiger partial charge in [-0.25, -0.2) is 4.98 Å². The lowest BCUT2D eigenvalue weighted by Gasteiger charge is -2.04. The van der Waals surface area contributed by atoms with Crippen LogP contribution < -0.4 is 5.32 Å². The van der Waals surface area contributed by atoms with Crippen LogP contribution >= 0.6 is 0 Å². The number of nitrogens with zero attached hydrogens (tertiary/aromatic N) is 1. The average Bonchev–Trinajstić information content (AvgIpc) is 2.97. The van der Waals surface area contributed by atoms with Crippen molar-refractivity contribution < 1.29 is 4.42 Å². The predicted octanol–water partition coefficient (Wildman–Crippen LogP) is 2.77. The molecule has 4 nitrogen and oxygen atoms in total. The molecule has 1 aromatic carbocycles. The number of hydrogen-bond donors (Lipinski definition) is 2. The first-order valence-corrected chi connectivity index (χ1v) is 5.12. The molecular formula is C12H11N3O. The molecule has 0 radical (unpaired) electrons. The van der Waals surface area contributed by atoms with E-state index in [1.807, 2.05) is 30.3 Å². The van der Waals surface area contributed by atoms with E-state index in [0.717, 1.165) is 22.5 Å². The molecule has 2 N–H and O–H groups in total. The van der Waals surface area contributed by atoms with Crippen molar-refractivity contribution in [3.8, 4) is 0 Å². The Morgan fingerprint density at radius 1 is 1.25 bits per heavy atom. The number of H-pyrrole nitrogens is 1. The molecule has 80 valence electrons. The summed E-state index contributed by atoms with van der Waals surface area (Å²) in [6.07, 6.45) is 3.37. The van der Waals surface area contributed by atoms with Gasteiger partial charge in [-0.2, -0.15) is 0 Å². The third-order valence-electron chi connectivity index (χ3n) is 2.48. The fourth-order valence-electron chi connectivity index (χ4n) is 1.70. The van der Waals surface area contributed by atoms with E-state index in [-0.39, 0.29) is 0 Å². The highest BCUT2D eigenvalue weighted by atomic mass is 16.3. The number of fused-ring (bicyclic) bond motifs is 1. The summed E-state index contributed by atoms with van der Waals surface area (Å²) < 4.78 is 5.26. The van der Waals surface area contributed by atoms with Crippen LogP contribution in [0.15, 0.2) is 47.3 Å². The van der Waals surface area contributed by atoms with Gasteiger partial charge in [-0.05, 0) is 24.3 Å². The Balaban J connectivity index is 1.86. The number of aromatic amines is 1. The van der Waals surface area contributed by atoms with Gasteiger partial charge in [0.2, 0.25) is 0 Å². The molecule has 0 saturated heterocycles. The Morgan fingerprint density at radius 3 is 3.12 bits per heavy atom. The standard InChI is InChI=1S/C12H11N3O/c1-4-10(12-11(5-1)14-8-15-12)13-7-9-3-2-6-16-9/h1-6,8,13H,7H2,(H,14,15). The summed E-state index contributed by atoms with van der Waals surface area (Å²) in [5.74, 6) is 0.910. The number of imidazole rings is 1. The minimum Gasteiger partial charge on any atom is -0.467 e. The molecule has 0 saturated carbocycles. The summed E-state index contributed by atoms with van der Waals surface area (Å²) in [6, 6.07) is 9.82. The molecule has 2 heterocycles. The first kappa shape index (κ1) is 9.03. The highest BCUT2D eigenvalue weighted by molar-refractivity contribution is 5.87. The third kappa shape index (κ3) is 1.54. The molecule has 0 aliphatic rings. The van der Waals surface area contributed by atoms with Gasteiger partial charge >= 0.3 is 0 Å². The SMILES string of the molecule is c1coc(CNc2cccc3[nH]cnc23)c1. The maximum atomic E-state index is 5.26. The molecule has 0 unspecified atom stereocenters. The molecule has 0 fully saturated rings. The van der Waals surface area contributed by atoms with Crippen molar-refractivity contribution in [3.63, 3.8) is 0 Å². The van der Waals surface area contributed by atoms with Gasteiger partial charge in [-0.15, -0.1) is 0 Å². The van der Waals surface area contributed by atoms with Crippen molar-refractivity contribution in [3.05, 3.63) is 48.7 Å². The van der Waals surface area contributed by atoms with Crippen LogP contribution in [-0.4, -0.2) is 9.97 Å². The highest BCUT2D eigenvalue weighted by Gasteiger charge is 2.02. The van der Waals surface area contributed by atoms with E-state index in [1.165, 1.54) is 0 Å². The number of para-hydroxylation sites is 1. The summed E-state index contributed by atoms with van der Waals surface area (Å²) in [7, 11) is 0. The Hall–Kier alpha value is -2.23. The van der Waals surface area contributed by atoms with Gasteiger partial charge in [0, 0.05) is 0 Å². The zero-order valence-corrected chi connectivity index (χ0v) is 8.60. The van der Waals surface area contributed by atoms with E-state index in [0.29, 0.717) is 6.54 Å². The second-order valence-corrected chi connectivity index (χ2v) is 3.54. The van der Waals surface area contributed by atoms with Crippen LogP contribution in [-0.2, 0) is 6.54 Å². The monoisotopic (exact) mass is 213 g/mol. The van der Waals surface area contributed by atoms with Gasteiger partial charge in [0.05, 0.1) is 30.3 Å². The molecule has 0 spiro atoms. The summed E-state index contributed by atoms with van der Waals surface area (Å²) in [4.78, 5) is 7.35. The number of anilines is 1. The smallest absolute Gasteiger partial charge is 0.122 e. The second kappa shape index (κ2) is 3.73. The molecule has 0 bridgehead atoms. The number of benzene rings is 1. The molecule has 0 aliphatic carbocycles. The summed E-state index contributed by atoms with van der Waals surface area (Å²) in [5, 5.41) is 3.30. The molecule has 2 aromatic heterocycles. The van der Waals surface area contributed by atoms with Crippen molar-refractivity contribution in [2.75, 3.05) is 5.32 Å². The molecule has 4 heteroatoms. The molecular weight excluding hydrogens is 202 g/mol. The Morgan fingerprint density at radius 2 is 2.25 bits per heavy atom. The average molecular weight is 213 g/mol. The first-order valence-electron chi connectivity index (χ1n) is 5.12. The maximum absolute atomic E-state index is 5.26. The van der Waals surface area contributed by atoms with Gasteiger partial charge in [0.15, 0.2) is 0 Å². The number of aromatic nitrogens is 2. The molecule has 3 rings (SSSR count). The lowest BCUT2D eigenvalue weighted by Crippen LogP contribution is -1.98. The molecule has 0 amide bonds. The lowest BCUT2D eigenvalue weighted by molar-refractivity contribution is 0.518. The molecule has 0 atom stereocenters. The molecule has 3 aromatic rings. The molecule has 16 heavy (non-hydrogen) atoms. The van der Waals surface area contributed by atoms with Crippen molar-refractivity contribution in [2.45, 2.75) is 6.54 Å². The lowest BCUT2D eigenvalue weighted by atomic mass is 10.2. The van der Waals surface area contributed by atoms with Crippen LogP contribution in [0.1, 0.15) is 5.76 Å². The van der Waals surface area contributed by atoms with E-state index < -0.39 is 0 Å². The van der Waals surface area contributed by atoms with Gasteiger partial charge in [0.1, 0.15) is 11.3 Å². The van der Waals surface area contributed by atoms with Crippen LogP contribution in [0.3, 0.4) is 0 Å². The summed E-state index contributed by atoms with van der Waals surface area (Å²) >= 11 is 0. The fourth-order valence-corrected chi connectivity index (χ4v) is 1.70. The fraction of sp³-hybridized carbons (Fsp3) is 0.0833. The van der Waals surface area contributed by atoms with Crippen LogP contribution in [0.4, 0.5) is 5.69 Å². The van der Waals surface area contributed by atoms with Crippen LogP contribution in [0.2, 0.25) is 0 Å². The van der Waals surface area contributed by atoms with Gasteiger partial charge in [-0.1, -0.05) is 6.07 Å². The topological polar surface area (TPSA) is 53.9 Å². The first-order chi connectivity index (χ1) is 7.93. The number of rotatable bonds is 3. The van der Waals surface area contributed by atoms with E-state index in [4.69, 9.17) is 4.42 Å². The number of furan rings is 1. The highest BCUT2D eigenvalue weighted by Crippen LogP contribution is 2.20. The zero-order valence-electron chi connectivity index (χ0n) is 8.60. The summed E-state index contributed by atoms with van der Waals surface area (Å²) in [6.45, 7) is 0.666. The van der Waals surface area contributed by atoms with Crippen LogP contribution in [0.25, 0.3) is 11.0 Å². The zero-order chi connectivity index (χ0) is 10.8. The minimum absolute atomic E-state index is 0.666. The van der Waals surface area contributed by atoms with Crippen LogP contribution in [0.5, 0.6) is 0 Å². The van der Waals surface area contributed by atoms with E-state index in [9.17, 15) is 0 Å². The van der Waals surface area contributed by atoms with Gasteiger partial charge < -0.3 is 14.7 Å². The number of nitrogens with one attached hydrogen (secondary N) is 2. The Kier molecular flexibility index (Phi) is 2.11. The van der Waals surface area contributed by atoms with Crippen molar-refractivity contribution in [1.29, 1.82) is 0 Å². The van der Waals surface area contributed by atoms with E-state index in [2.05, 4.69) is 15.3 Å². The van der Waals surface area contributed by atoms with Crippen molar-refractivity contribution in [2.24, 2.45) is 0 Å². The second-order valence-electron chi connectivity index (χ2n) is 3.54. The van der Waals surface area contributed by atoms with E-state index >= 15 is 0 Å². The van der Waals surface area contributed by atoms with Crippen molar-refractivity contribution in [1.82, 2.24) is 9.97 Å². The maximum Gasteiger partial charge on any atom is 0.122 e. The van der Waals surface area contributed by atoms with Crippen molar-refractivity contribution >= 4 is 16.7 Å². The predicted molar refractivity (Wildman–Crippen MR) is 62.1 cm³/mol. The van der Waals surface area contributed by atoms with E-state index in [1.54, 1.807) is 12.6 Å².